The molecule has 1 amide bonds. The zero-order valence-electron chi connectivity index (χ0n) is 40.1. The standard InChI is InChI=1S/C53H63N5O10/c1-8-49(55-42(60)18-17-34-14-12-25-67-34)28-33-29-52(47(61)65-6,43-36(19-23-57(30-33)31-49)35-15-10-11-16-39(35)54-43)38-26-37-40(27-41(38)64-5)56(4)45-51(37)21-24-58-22-13-20-50(9-2,44(51)58)46(68-32(3)59)53(45,63)48(62)66-7/h10-18,20,25-27,33,44-46,54,63H,8-9,19,21-24,28-31H2,1-7H3,(H,55,60)/b18-17+/t33-,44+,45-,46-,49+,50-,51-,52+,53+/m1/s1. The summed E-state index contributed by atoms with van der Waals surface area (Å²) in [7, 11) is 6.14. The van der Waals surface area contributed by atoms with Gasteiger partial charge in [-0.2, -0.15) is 0 Å². The molecule has 0 radical (unpaired) electrons. The van der Waals surface area contributed by atoms with Gasteiger partial charge in [0.15, 0.2) is 6.10 Å². The molecular formula is C53H63N5O10. The summed E-state index contributed by atoms with van der Waals surface area (Å²) in [6.07, 6.45) is 10.7. The van der Waals surface area contributed by atoms with Gasteiger partial charge in [0.05, 0.1) is 39.2 Å². The van der Waals surface area contributed by atoms with Gasteiger partial charge in [-0.1, -0.05) is 44.2 Å². The molecule has 1 saturated carbocycles. The minimum Gasteiger partial charge on any atom is -0.496 e. The minimum atomic E-state index is -2.33. The number of furan rings is 1. The van der Waals surface area contributed by atoms with Crippen LogP contribution in [0.1, 0.15) is 81.0 Å². The second-order valence-electron chi connectivity index (χ2n) is 20.1. The predicted molar refractivity (Wildman–Crippen MR) is 254 cm³/mol. The van der Waals surface area contributed by atoms with E-state index in [2.05, 4.69) is 45.2 Å². The van der Waals surface area contributed by atoms with Crippen LogP contribution in [0.15, 0.2) is 77.4 Å². The van der Waals surface area contributed by atoms with Crippen molar-refractivity contribution in [2.45, 2.75) is 99.5 Å². The summed E-state index contributed by atoms with van der Waals surface area (Å²) in [4.78, 5) is 67.7. The summed E-state index contributed by atoms with van der Waals surface area (Å²) in [6, 6.07) is 14.5. The summed E-state index contributed by atoms with van der Waals surface area (Å²) in [6.45, 7) is 8.67. The maximum Gasteiger partial charge on any atom is 0.344 e. The molecule has 3 fully saturated rings. The number of H-pyrrole nitrogens is 1. The number of rotatable bonds is 10. The second kappa shape index (κ2) is 16.7. The Labute approximate surface area is 396 Å². The zero-order chi connectivity index (χ0) is 48.0. The van der Waals surface area contributed by atoms with Crippen molar-refractivity contribution < 1.29 is 47.6 Å². The monoisotopic (exact) mass is 929 g/mol. The molecule has 2 aromatic heterocycles. The van der Waals surface area contributed by atoms with Crippen LogP contribution >= 0.6 is 0 Å². The van der Waals surface area contributed by atoms with Crippen molar-refractivity contribution in [3.63, 3.8) is 0 Å². The lowest BCUT2D eigenvalue weighted by Gasteiger charge is -2.63. The van der Waals surface area contributed by atoms with Crippen molar-refractivity contribution in [1.82, 2.24) is 20.1 Å². The van der Waals surface area contributed by atoms with Crippen molar-refractivity contribution in [1.29, 1.82) is 0 Å². The van der Waals surface area contributed by atoms with Crippen LogP contribution in [-0.4, -0.2) is 134 Å². The number of hydrogen-bond acceptors (Lipinski definition) is 13. The van der Waals surface area contributed by atoms with E-state index in [0.29, 0.717) is 88.3 Å². The summed E-state index contributed by atoms with van der Waals surface area (Å²) in [5.41, 5.74) is -1.61. The number of aliphatic hydroxyl groups is 1. The van der Waals surface area contributed by atoms with Gasteiger partial charge in [-0.05, 0) is 92.5 Å². The zero-order valence-corrected chi connectivity index (χ0v) is 40.1. The lowest BCUT2D eigenvalue weighted by Crippen LogP contribution is -2.81. The van der Waals surface area contributed by atoms with E-state index >= 15 is 4.79 Å². The lowest BCUT2D eigenvalue weighted by atomic mass is 9.47. The first-order chi connectivity index (χ1) is 32.7. The molecular weight excluding hydrogens is 867 g/mol. The number of benzene rings is 2. The second-order valence-corrected chi connectivity index (χ2v) is 20.1. The van der Waals surface area contributed by atoms with Crippen LogP contribution in [0.25, 0.3) is 17.0 Å². The fourth-order valence-corrected chi connectivity index (χ4v) is 14.6. The largest absolute Gasteiger partial charge is 0.496 e. The molecule has 2 saturated heterocycles. The van der Waals surface area contributed by atoms with Crippen LogP contribution in [0.3, 0.4) is 0 Å². The number of nitrogens with zero attached hydrogens (tertiary/aromatic N) is 3. The Morgan fingerprint density at radius 1 is 0.971 bits per heavy atom. The van der Waals surface area contributed by atoms with Gasteiger partial charge >= 0.3 is 17.9 Å². The molecule has 2 bridgehead atoms. The first kappa shape index (κ1) is 45.9. The number of likely N-dealkylation sites (N-methyl/N-ethyl adjacent to an activating group) is 1. The highest BCUT2D eigenvalue weighted by Crippen LogP contribution is 2.68. The third-order valence-electron chi connectivity index (χ3n) is 17.0. The number of fused-ring (bicyclic) bond motifs is 6. The van der Waals surface area contributed by atoms with E-state index in [0.717, 1.165) is 33.4 Å². The van der Waals surface area contributed by atoms with E-state index in [1.807, 2.05) is 49.2 Å². The van der Waals surface area contributed by atoms with E-state index in [4.69, 9.17) is 23.4 Å². The normalized spacial score (nSPS) is 33.6. The van der Waals surface area contributed by atoms with Gasteiger partial charge in [0.2, 0.25) is 11.5 Å². The maximum absolute atomic E-state index is 15.7. The van der Waals surface area contributed by atoms with Gasteiger partial charge in [0, 0.05) is 97.0 Å². The van der Waals surface area contributed by atoms with Crippen LogP contribution in [0.4, 0.5) is 5.69 Å². The number of ether oxygens (including phenoxy) is 4. The molecule has 1 unspecified atom stereocenters. The first-order valence-corrected chi connectivity index (χ1v) is 24.0. The molecule has 5 aliphatic heterocycles. The highest BCUT2D eigenvalue weighted by Gasteiger charge is 2.80. The first-order valence-electron chi connectivity index (χ1n) is 24.0. The molecule has 4 aromatic rings. The van der Waals surface area contributed by atoms with Gasteiger partial charge in [0.25, 0.3) is 0 Å². The Hall–Kier alpha value is -5.90. The molecule has 10 atom stereocenters. The van der Waals surface area contributed by atoms with E-state index in [1.54, 1.807) is 31.6 Å². The number of aromatic amines is 1. The van der Waals surface area contributed by atoms with E-state index in [9.17, 15) is 19.5 Å². The Balaban J connectivity index is 1.20. The Morgan fingerprint density at radius 2 is 1.76 bits per heavy atom. The summed E-state index contributed by atoms with van der Waals surface area (Å²) >= 11 is 0. The van der Waals surface area contributed by atoms with Gasteiger partial charge in [-0.3, -0.25) is 19.3 Å². The number of methoxy groups -OCH3 is 3. The SMILES string of the molecule is CC[C@]1(NC(=O)/C=C/c2ccco2)C[C@H]2CN(CCc3c([nH]c4ccccc34)[C@@](C(=O)OC)(c3cc4c(cc3OC)N(C)[C@H]3[C@@](O)(C(=O)OC)[C@H](OC(C)=O)[C@]5(CC)C=CCN6CC[C@]43[C@@H]65)C2)C1. The summed E-state index contributed by atoms with van der Waals surface area (Å²) < 4.78 is 29.7. The molecule has 6 aliphatic rings. The number of hydrogen-bond donors (Lipinski definition) is 3. The molecule has 15 nitrogen and oxygen atoms in total. The summed E-state index contributed by atoms with van der Waals surface area (Å²) in [5.74, 6) is -1.32. The number of para-hydroxylation sites is 1. The minimum absolute atomic E-state index is 0.136. The molecule has 7 heterocycles. The maximum atomic E-state index is 15.7. The van der Waals surface area contributed by atoms with Crippen LogP contribution in [0, 0.1) is 11.3 Å². The van der Waals surface area contributed by atoms with Crippen molar-refractivity contribution in [3.8, 4) is 5.75 Å². The van der Waals surface area contributed by atoms with Crippen molar-refractivity contribution in [3.05, 3.63) is 101 Å². The smallest absolute Gasteiger partial charge is 0.344 e. The number of esters is 3. The molecule has 1 spiro atoms. The fourth-order valence-electron chi connectivity index (χ4n) is 14.6. The molecule has 3 N–H and O–H groups in total. The van der Waals surface area contributed by atoms with Gasteiger partial charge in [-0.25, -0.2) is 4.79 Å². The van der Waals surface area contributed by atoms with E-state index < -0.39 is 57.4 Å². The molecule has 10 rings (SSSR count). The van der Waals surface area contributed by atoms with Gasteiger partial charge < -0.3 is 48.6 Å². The van der Waals surface area contributed by atoms with Gasteiger partial charge in [0.1, 0.15) is 16.9 Å². The quantitative estimate of drug-likeness (QED) is 0.0797. The number of piperidine rings is 1. The van der Waals surface area contributed by atoms with Crippen LogP contribution in [0.2, 0.25) is 0 Å². The number of anilines is 1. The van der Waals surface area contributed by atoms with Gasteiger partial charge in [-0.15, -0.1) is 0 Å². The van der Waals surface area contributed by atoms with Crippen molar-refractivity contribution in [2.24, 2.45) is 11.3 Å². The lowest BCUT2D eigenvalue weighted by molar-refractivity contribution is -0.228. The molecule has 1 aliphatic carbocycles. The highest BCUT2D eigenvalue weighted by molar-refractivity contribution is 5.95. The number of carbonyl (C=O) groups is 4. The topological polar surface area (TPSA) is 176 Å². The fraction of sp³-hybridized carbons (Fsp3) is 0.509. The number of carbonyl (C=O) groups excluding carboxylic acids is 4. The van der Waals surface area contributed by atoms with Crippen molar-refractivity contribution in [2.75, 3.05) is 66.0 Å². The molecule has 68 heavy (non-hydrogen) atoms. The van der Waals surface area contributed by atoms with E-state index in [1.165, 1.54) is 27.2 Å². The highest BCUT2D eigenvalue weighted by atomic mass is 16.6. The average Bonchev–Trinajstić information content (AvgIpc) is 4.15. The Bertz CT molecular complexity index is 2730. The third-order valence-corrected chi connectivity index (χ3v) is 17.0. The van der Waals surface area contributed by atoms with Crippen molar-refractivity contribution >= 4 is 46.5 Å². The van der Waals surface area contributed by atoms with Crippen LogP contribution in [0.5, 0.6) is 5.75 Å². The molecule has 2 aromatic carbocycles. The molecule has 15 heteroatoms. The number of amides is 1. The van der Waals surface area contributed by atoms with E-state index in [-0.39, 0.29) is 17.9 Å². The van der Waals surface area contributed by atoms with Crippen LogP contribution in [-0.2, 0) is 50.6 Å². The third kappa shape index (κ3) is 6.40. The predicted octanol–water partition coefficient (Wildman–Crippen LogP) is 5.42. The average molecular weight is 930 g/mol. The van der Waals surface area contributed by atoms with Crippen LogP contribution < -0.4 is 15.0 Å². The number of aromatic nitrogens is 1. The molecule has 360 valence electrons. The number of nitrogens with one attached hydrogen (secondary N) is 2. The summed E-state index contributed by atoms with van der Waals surface area (Å²) in [5, 5.41) is 17.9. The Morgan fingerprint density at radius 3 is 2.47 bits per heavy atom. The Kier molecular flexibility index (Phi) is 11.2.